The SMILES string of the molecule is CC(=O)NC(Cc1c[nH]c2ccccc12)C(=O)Nc1ccc(C(=O)N2CCc3ccccc32)cc1. The predicted octanol–water partition coefficient (Wildman–Crippen LogP) is 4.06. The summed E-state index contributed by atoms with van der Waals surface area (Å²) in [4.78, 5) is 42.9. The van der Waals surface area contributed by atoms with Crippen molar-refractivity contribution in [2.45, 2.75) is 25.8 Å². The number of aromatic amines is 1. The van der Waals surface area contributed by atoms with Crippen molar-refractivity contribution in [3.05, 3.63) is 95.7 Å². The Kier molecular flexibility index (Phi) is 6.06. The summed E-state index contributed by atoms with van der Waals surface area (Å²) < 4.78 is 0. The number of aromatic nitrogens is 1. The van der Waals surface area contributed by atoms with Crippen LogP contribution in [0.5, 0.6) is 0 Å². The number of anilines is 2. The number of amides is 3. The van der Waals surface area contributed by atoms with Crippen LogP contribution in [-0.2, 0) is 22.4 Å². The first kappa shape index (κ1) is 22.4. The third-order valence-corrected chi connectivity index (χ3v) is 6.32. The van der Waals surface area contributed by atoms with E-state index in [0.717, 1.165) is 28.6 Å². The summed E-state index contributed by atoms with van der Waals surface area (Å²) in [7, 11) is 0. The fourth-order valence-electron chi connectivity index (χ4n) is 4.61. The molecular weight excluding hydrogens is 440 g/mol. The van der Waals surface area contributed by atoms with Crippen LogP contribution in [0.4, 0.5) is 11.4 Å². The molecule has 0 radical (unpaired) electrons. The lowest BCUT2D eigenvalue weighted by Gasteiger charge is -2.19. The van der Waals surface area contributed by atoms with Crippen LogP contribution in [0.1, 0.15) is 28.4 Å². The number of fused-ring (bicyclic) bond motifs is 2. The highest BCUT2D eigenvalue weighted by molar-refractivity contribution is 6.07. The van der Waals surface area contributed by atoms with Crippen molar-refractivity contribution >= 4 is 40.0 Å². The van der Waals surface area contributed by atoms with E-state index in [4.69, 9.17) is 0 Å². The molecule has 1 aliphatic heterocycles. The molecule has 5 rings (SSSR count). The third-order valence-electron chi connectivity index (χ3n) is 6.32. The van der Waals surface area contributed by atoms with Crippen molar-refractivity contribution in [3.8, 4) is 0 Å². The molecule has 0 saturated carbocycles. The average molecular weight is 467 g/mol. The Bertz CT molecular complexity index is 1410. The van der Waals surface area contributed by atoms with Crippen molar-refractivity contribution in [2.75, 3.05) is 16.8 Å². The number of benzene rings is 3. The zero-order valence-corrected chi connectivity index (χ0v) is 19.4. The molecule has 3 amide bonds. The van der Waals surface area contributed by atoms with E-state index < -0.39 is 6.04 Å². The fraction of sp³-hybridized carbons (Fsp3) is 0.179. The van der Waals surface area contributed by atoms with Gasteiger partial charge in [0.15, 0.2) is 0 Å². The Labute approximate surface area is 203 Å². The van der Waals surface area contributed by atoms with Crippen LogP contribution in [0.15, 0.2) is 79.0 Å². The summed E-state index contributed by atoms with van der Waals surface area (Å²) in [5, 5.41) is 6.64. The van der Waals surface area contributed by atoms with Crippen LogP contribution < -0.4 is 15.5 Å². The maximum atomic E-state index is 13.1. The summed E-state index contributed by atoms with van der Waals surface area (Å²) >= 11 is 0. The molecule has 176 valence electrons. The second kappa shape index (κ2) is 9.46. The molecule has 35 heavy (non-hydrogen) atoms. The van der Waals surface area contributed by atoms with Gasteiger partial charge in [-0.15, -0.1) is 0 Å². The Morgan fingerprint density at radius 1 is 0.971 bits per heavy atom. The normalized spacial score (nSPS) is 13.3. The second-order valence-corrected chi connectivity index (χ2v) is 8.72. The predicted molar refractivity (Wildman–Crippen MR) is 137 cm³/mol. The Morgan fingerprint density at radius 2 is 1.71 bits per heavy atom. The molecule has 3 N–H and O–H groups in total. The third kappa shape index (κ3) is 4.66. The van der Waals surface area contributed by atoms with Crippen LogP contribution in [0.25, 0.3) is 10.9 Å². The van der Waals surface area contributed by atoms with Crippen LogP contribution in [0, 0.1) is 0 Å². The zero-order chi connectivity index (χ0) is 24.4. The first-order valence-electron chi connectivity index (χ1n) is 11.6. The first-order valence-corrected chi connectivity index (χ1v) is 11.6. The van der Waals surface area contributed by atoms with Gasteiger partial charge < -0.3 is 20.5 Å². The fourth-order valence-corrected chi connectivity index (χ4v) is 4.61. The van der Waals surface area contributed by atoms with Crippen molar-refractivity contribution < 1.29 is 14.4 Å². The van der Waals surface area contributed by atoms with Crippen LogP contribution in [0.3, 0.4) is 0 Å². The van der Waals surface area contributed by atoms with Gasteiger partial charge >= 0.3 is 0 Å². The van der Waals surface area contributed by atoms with Crippen LogP contribution in [-0.4, -0.2) is 35.3 Å². The van der Waals surface area contributed by atoms with Crippen LogP contribution in [0.2, 0.25) is 0 Å². The molecule has 1 atom stereocenters. The molecular formula is C28H26N4O3. The summed E-state index contributed by atoms with van der Waals surface area (Å²) in [5.74, 6) is -0.668. The minimum Gasteiger partial charge on any atom is -0.361 e. The lowest BCUT2D eigenvalue weighted by atomic mass is 10.0. The molecule has 0 fully saturated rings. The topological polar surface area (TPSA) is 94.3 Å². The summed E-state index contributed by atoms with van der Waals surface area (Å²) in [6, 6.07) is 21.9. The van der Waals surface area contributed by atoms with Crippen molar-refractivity contribution in [3.63, 3.8) is 0 Å². The van der Waals surface area contributed by atoms with Gasteiger partial charge in [0.2, 0.25) is 11.8 Å². The summed E-state index contributed by atoms with van der Waals surface area (Å²) in [6.07, 6.45) is 3.06. The lowest BCUT2D eigenvalue weighted by molar-refractivity contribution is -0.125. The number of nitrogens with zero attached hydrogens (tertiary/aromatic N) is 1. The van der Waals surface area contributed by atoms with E-state index in [1.54, 1.807) is 29.2 Å². The van der Waals surface area contributed by atoms with Gasteiger partial charge in [-0.05, 0) is 53.9 Å². The molecule has 0 bridgehead atoms. The highest BCUT2D eigenvalue weighted by atomic mass is 16.2. The highest BCUT2D eigenvalue weighted by Gasteiger charge is 2.25. The highest BCUT2D eigenvalue weighted by Crippen LogP contribution is 2.29. The number of carbonyl (C=O) groups excluding carboxylic acids is 3. The number of hydrogen-bond acceptors (Lipinski definition) is 3. The first-order chi connectivity index (χ1) is 17.0. The molecule has 0 spiro atoms. The molecule has 0 saturated heterocycles. The minimum absolute atomic E-state index is 0.0664. The van der Waals surface area contributed by atoms with Gasteiger partial charge in [-0.1, -0.05) is 36.4 Å². The largest absolute Gasteiger partial charge is 0.361 e. The van der Waals surface area contributed by atoms with E-state index in [9.17, 15) is 14.4 Å². The van der Waals surface area contributed by atoms with Crippen LogP contribution >= 0.6 is 0 Å². The number of para-hydroxylation sites is 2. The zero-order valence-electron chi connectivity index (χ0n) is 19.4. The quantitative estimate of drug-likeness (QED) is 0.400. The van der Waals surface area contributed by atoms with E-state index >= 15 is 0 Å². The molecule has 3 aromatic carbocycles. The molecule has 1 aromatic heterocycles. The van der Waals surface area contributed by atoms with E-state index in [2.05, 4.69) is 15.6 Å². The van der Waals surface area contributed by atoms with E-state index in [1.807, 2.05) is 54.7 Å². The average Bonchev–Trinajstić information content (AvgIpc) is 3.48. The van der Waals surface area contributed by atoms with Crippen molar-refractivity contribution in [1.82, 2.24) is 10.3 Å². The maximum Gasteiger partial charge on any atom is 0.258 e. The molecule has 7 heteroatoms. The molecule has 0 aliphatic carbocycles. The van der Waals surface area contributed by atoms with Gasteiger partial charge in [-0.3, -0.25) is 14.4 Å². The molecule has 1 unspecified atom stereocenters. The van der Waals surface area contributed by atoms with E-state index in [1.165, 1.54) is 12.5 Å². The Balaban J connectivity index is 1.29. The van der Waals surface area contributed by atoms with Gasteiger partial charge in [0.1, 0.15) is 6.04 Å². The van der Waals surface area contributed by atoms with Crippen molar-refractivity contribution in [2.24, 2.45) is 0 Å². The molecule has 4 aromatic rings. The lowest BCUT2D eigenvalue weighted by Crippen LogP contribution is -2.44. The number of carbonyl (C=O) groups is 3. The van der Waals surface area contributed by atoms with Crippen molar-refractivity contribution in [1.29, 1.82) is 0 Å². The standard InChI is InChI=1S/C28H26N4O3/c1-18(33)30-25(16-21-17-29-24-8-4-3-7-23(21)24)27(34)31-22-12-10-20(11-13-22)28(35)32-15-14-19-6-2-5-9-26(19)32/h2-13,17,25,29H,14-16H2,1H3,(H,30,33)(H,31,34). The van der Waals surface area contributed by atoms with Gasteiger partial charge in [0.05, 0.1) is 0 Å². The molecule has 1 aliphatic rings. The maximum absolute atomic E-state index is 13.1. The van der Waals surface area contributed by atoms with Gasteiger partial charge in [-0.2, -0.15) is 0 Å². The monoisotopic (exact) mass is 466 g/mol. The van der Waals surface area contributed by atoms with E-state index in [0.29, 0.717) is 24.2 Å². The van der Waals surface area contributed by atoms with E-state index in [-0.39, 0.29) is 17.7 Å². The summed E-state index contributed by atoms with van der Waals surface area (Å²) in [6.45, 7) is 2.05. The molecule has 2 heterocycles. The van der Waals surface area contributed by atoms with Gasteiger partial charge in [0, 0.05) is 53.9 Å². The smallest absolute Gasteiger partial charge is 0.258 e. The van der Waals surface area contributed by atoms with Gasteiger partial charge in [0.25, 0.3) is 5.91 Å². The second-order valence-electron chi connectivity index (χ2n) is 8.72. The summed E-state index contributed by atoms with van der Waals surface area (Å²) in [5.41, 5.74) is 5.15. The number of rotatable bonds is 6. The van der Waals surface area contributed by atoms with Gasteiger partial charge in [-0.25, -0.2) is 0 Å². The Morgan fingerprint density at radius 3 is 2.51 bits per heavy atom. The molecule has 7 nitrogen and oxygen atoms in total. The number of H-pyrrole nitrogens is 1. The minimum atomic E-state index is -0.742. The number of hydrogen-bond donors (Lipinski definition) is 3. The number of nitrogens with one attached hydrogen (secondary N) is 3. The Hall–Kier alpha value is -4.39.